The first-order valence-corrected chi connectivity index (χ1v) is 5.64. The molecule has 2 nitrogen and oxygen atoms in total. The molecule has 0 radical (unpaired) electrons. The minimum absolute atomic E-state index is 0.786. The van der Waals surface area contributed by atoms with Gasteiger partial charge in [0, 0.05) is 6.04 Å². The molecule has 1 aliphatic rings. The van der Waals surface area contributed by atoms with Crippen LogP contribution in [0.1, 0.15) is 33.1 Å². The quantitative estimate of drug-likeness (QED) is 0.700. The molecular weight excluding hydrogens is 160 g/mol. The molecule has 1 saturated heterocycles. The van der Waals surface area contributed by atoms with Gasteiger partial charge in [-0.3, -0.25) is 0 Å². The van der Waals surface area contributed by atoms with Crippen molar-refractivity contribution < 1.29 is 0 Å². The number of nitrogens with one attached hydrogen (secondary N) is 1. The summed E-state index contributed by atoms with van der Waals surface area (Å²) in [6, 6.07) is 0.786. The molecular formula is C11H24N2. The topological polar surface area (TPSA) is 15.3 Å². The summed E-state index contributed by atoms with van der Waals surface area (Å²) in [6.07, 6.45) is 3.96. The van der Waals surface area contributed by atoms with Crippen LogP contribution >= 0.6 is 0 Å². The molecule has 1 aliphatic heterocycles. The van der Waals surface area contributed by atoms with Gasteiger partial charge in [-0.2, -0.15) is 0 Å². The lowest BCUT2D eigenvalue weighted by Gasteiger charge is -2.18. The molecule has 0 saturated carbocycles. The molecule has 1 rings (SSSR count). The number of hydrogen-bond acceptors (Lipinski definition) is 2. The third kappa shape index (κ3) is 4.10. The van der Waals surface area contributed by atoms with Crippen molar-refractivity contribution in [2.24, 2.45) is 5.92 Å². The summed E-state index contributed by atoms with van der Waals surface area (Å²) < 4.78 is 0. The molecule has 0 aromatic rings. The predicted molar refractivity (Wildman–Crippen MR) is 58.0 cm³/mol. The Morgan fingerprint density at radius 1 is 1.38 bits per heavy atom. The highest BCUT2D eigenvalue weighted by molar-refractivity contribution is 4.79. The summed E-state index contributed by atoms with van der Waals surface area (Å²) in [5.41, 5.74) is 0. The second-order valence-corrected chi connectivity index (χ2v) is 4.54. The van der Waals surface area contributed by atoms with Crippen molar-refractivity contribution in [3.63, 3.8) is 0 Å². The van der Waals surface area contributed by atoms with Crippen molar-refractivity contribution in [2.45, 2.75) is 39.2 Å². The van der Waals surface area contributed by atoms with Crippen LogP contribution < -0.4 is 5.32 Å². The smallest absolute Gasteiger partial charge is 0.00823 e. The van der Waals surface area contributed by atoms with E-state index in [1.54, 1.807) is 0 Å². The van der Waals surface area contributed by atoms with Gasteiger partial charge >= 0.3 is 0 Å². The zero-order valence-corrected chi connectivity index (χ0v) is 9.34. The van der Waals surface area contributed by atoms with Crippen LogP contribution in [-0.4, -0.2) is 37.6 Å². The van der Waals surface area contributed by atoms with Crippen molar-refractivity contribution in [1.29, 1.82) is 0 Å². The summed E-state index contributed by atoms with van der Waals surface area (Å²) >= 11 is 0. The van der Waals surface area contributed by atoms with Gasteiger partial charge in [0.1, 0.15) is 0 Å². The number of nitrogens with zero attached hydrogens (tertiary/aromatic N) is 1. The SMILES string of the molecule is CCCN(C)CCC1CC(C)CN1. The predicted octanol–water partition coefficient (Wildman–Crippen LogP) is 1.72. The van der Waals surface area contributed by atoms with E-state index < -0.39 is 0 Å². The standard InChI is InChI=1S/C11H24N2/c1-4-6-13(3)7-5-11-8-10(2)9-12-11/h10-12H,4-9H2,1-3H3. The van der Waals surface area contributed by atoms with Gasteiger partial charge < -0.3 is 10.2 Å². The van der Waals surface area contributed by atoms with Gasteiger partial charge in [0.25, 0.3) is 0 Å². The number of hydrogen-bond donors (Lipinski definition) is 1. The Morgan fingerprint density at radius 3 is 2.69 bits per heavy atom. The molecule has 13 heavy (non-hydrogen) atoms. The van der Waals surface area contributed by atoms with Crippen molar-refractivity contribution in [3.8, 4) is 0 Å². The van der Waals surface area contributed by atoms with E-state index in [1.165, 1.54) is 38.9 Å². The van der Waals surface area contributed by atoms with Crippen LogP contribution in [0.4, 0.5) is 0 Å². The third-order valence-electron chi connectivity index (χ3n) is 2.91. The van der Waals surface area contributed by atoms with Gasteiger partial charge in [0.05, 0.1) is 0 Å². The summed E-state index contributed by atoms with van der Waals surface area (Å²) in [5, 5.41) is 3.58. The maximum atomic E-state index is 3.58. The van der Waals surface area contributed by atoms with Crippen LogP contribution in [0.15, 0.2) is 0 Å². The van der Waals surface area contributed by atoms with Crippen LogP contribution in [0.3, 0.4) is 0 Å². The molecule has 0 spiro atoms. The first-order valence-electron chi connectivity index (χ1n) is 5.64. The molecule has 78 valence electrons. The van der Waals surface area contributed by atoms with E-state index in [4.69, 9.17) is 0 Å². The Hall–Kier alpha value is -0.0800. The van der Waals surface area contributed by atoms with E-state index in [1.807, 2.05) is 0 Å². The Balaban J connectivity index is 2.05. The average molecular weight is 184 g/mol. The Labute approximate surface area is 82.7 Å². The molecule has 1 heterocycles. The fourth-order valence-corrected chi connectivity index (χ4v) is 2.11. The van der Waals surface area contributed by atoms with Gasteiger partial charge in [-0.1, -0.05) is 13.8 Å². The van der Waals surface area contributed by atoms with Crippen LogP contribution in [0.25, 0.3) is 0 Å². The molecule has 1 fully saturated rings. The second-order valence-electron chi connectivity index (χ2n) is 4.54. The first kappa shape index (κ1) is 11.0. The largest absolute Gasteiger partial charge is 0.314 e. The van der Waals surface area contributed by atoms with E-state index in [-0.39, 0.29) is 0 Å². The van der Waals surface area contributed by atoms with E-state index in [0.717, 1.165) is 12.0 Å². The first-order chi connectivity index (χ1) is 6.22. The normalized spacial score (nSPS) is 28.6. The maximum absolute atomic E-state index is 3.58. The monoisotopic (exact) mass is 184 g/mol. The van der Waals surface area contributed by atoms with E-state index in [2.05, 4.69) is 31.1 Å². The van der Waals surface area contributed by atoms with Gasteiger partial charge in [-0.15, -0.1) is 0 Å². The van der Waals surface area contributed by atoms with Gasteiger partial charge in [0.15, 0.2) is 0 Å². The van der Waals surface area contributed by atoms with Crippen LogP contribution in [0.2, 0.25) is 0 Å². The molecule has 2 atom stereocenters. The molecule has 2 unspecified atom stereocenters. The highest BCUT2D eigenvalue weighted by Gasteiger charge is 2.19. The fourth-order valence-electron chi connectivity index (χ4n) is 2.11. The molecule has 0 aromatic carbocycles. The number of rotatable bonds is 5. The van der Waals surface area contributed by atoms with Crippen molar-refractivity contribution in [1.82, 2.24) is 10.2 Å². The zero-order valence-electron chi connectivity index (χ0n) is 9.34. The van der Waals surface area contributed by atoms with E-state index in [9.17, 15) is 0 Å². The van der Waals surface area contributed by atoms with Crippen LogP contribution in [-0.2, 0) is 0 Å². The molecule has 0 bridgehead atoms. The minimum atomic E-state index is 0.786. The molecule has 0 aliphatic carbocycles. The molecule has 1 N–H and O–H groups in total. The Bertz CT molecular complexity index is 136. The van der Waals surface area contributed by atoms with Crippen LogP contribution in [0.5, 0.6) is 0 Å². The lowest BCUT2D eigenvalue weighted by Crippen LogP contribution is -2.28. The summed E-state index contributed by atoms with van der Waals surface area (Å²) in [5.74, 6) is 0.890. The third-order valence-corrected chi connectivity index (χ3v) is 2.91. The van der Waals surface area contributed by atoms with Crippen molar-refractivity contribution >= 4 is 0 Å². The molecule has 2 heteroatoms. The summed E-state index contributed by atoms with van der Waals surface area (Å²) in [7, 11) is 2.22. The van der Waals surface area contributed by atoms with Crippen LogP contribution in [0, 0.1) is 5.92 Å². The highest BCUT2D eigenvalue weighted by Crippen LogP contribution is 2.15. The maximum Gasteiger partial charge on any atom is 0.00823 e. The fraction of sp³-hybridized carbons (Fsp3) is 1.00. The summed E-state index contributed by atoms with van der Waals surface area (Å²) in [4.78, 5) is 2.44. The van der Waals surface area contributed by atoms with Crippen molar-refractivity contribution in [2.75, 3.05) is 26.7 Å². The lowest BCUT2D eigenvalue weighted by molar-refractivity contribution is 0.312. The summed E-state index contributed by atoms with van der Waals surface area (Å²) in [6.45, 7) is 8.29. The zero-order chi connectivity index (χ0) is 9.68. The second kappa shape index (κ2) is 5.61. The van der Waals surface area contributed by atoms with Gasteiger partial charge in [0.2, 0.25) is 0 Å². The lowest BCUT2D eigenvalue weighted by atomic mass is 10.1. The van der Waals surface area contributed by atoms with Gasteiger partial charge in [-0.05, 0) is 51.9 Å². The molecule has 0 amide bonds. The Morgan fingerprint density at radius 2 is 2.15 bits per heavy atom. The van der Waals surface area contributed by atoms with Gasteiger partial charge in [-0.25, -0.2) is 0 Å². The Kier molecular flexibility index (Phi) is 4.74. The highest BCUT2D eigenvalue weighted by atomic mass is 15.1. The van der Waals surface area contributed by atoms with E-state index in [0.29, 0.717) is 0 Å². The van der Waals surface area contributed by atoms with Crippen molar-refractivity contribution in [3.05, 3.63) is 0 Å². The minimum Gasteiger partial charge on any atom is -0.314 e. The van der Waals surface area contributed by atoms with E-state index >= 15 is 0 Å². The molecule has 0 aromatic heterocycles. The average Bonchev–Trinajstić information content (AvgIpc) is 2.49.